The molecular formula is C17H17ClO2. The second-order valence-electron chi connectivity index (χ2n) is 4.62. The van der Waals surface area contributed by atoms with Crippen LogP contribution in [0.5, 0.6) is 11.5 Å². The van der Waals surface area contributed by atoms with E-state index in [0.717, 1.165) is 6.42 Å². The van der Waals surface area contributed by atoms with Gasteiger partial charge < -0.3 is 4.74 Å². The predicted octanol–water partition coefficient (Wildman–Crippen LogP) is 5.29. The molecule has 0 aliphatic heterocycles. The van der Waals surface area contributed by atoms with Crippen molar-refractivity contribution in [1.82, 2.24) is 0 Å². The molecule has 2 aromatic rings. The van der Waals surface area contributed by atoms with Gasteiger partial charge in [0.15, 0.2) is 6.29 Å². The highest BCUT2D eigenvalue weighted by Gasteiger charge is 2.08. The number of halogens is 1. The molecule has 0 heterocycles. The molecule has 0 unspecified atom stereocenters. The van der Waals surface area contributed by atoms with E-state index in [-0.39, 0.29) is 0 Å². The number of hydrogen-bond acceptors (Lipinski definition) is 2. The summed E-state index contributed by atoms with van der Waals surface area (Å²) < 4.78 is 5.72. The Hall–Kier alpha value is -1.80. The van der Waals surface area contributed by atoms with Crippen LogP contribution in [0.25, 0.3) is 0 Å². The number of aryl methyl sites for hydroxylation is 1. The summed E-state index contributed by atoms with van der Waals surface area (Å²) in [6.07, 6.45) is 4.16. The first-order valence-corrected chi connectivity index (χ1v) is 7.13. The van der Waals surface area contributed by atoms with Crippen LogP contribution in [0.15, 0.2) is 42.5 Å². The quantitative estimate of drug-likeness (QED) is 0.675. The van der Waals surface area contributed by atoms with Gasteiger partial charge in [0.05, 0.1) is 10.6 Å². The fourth-order valence-electron chi connectivity index (χ4n) is 1.95. The number of carbonyl (C=O) groups is 1. The maximum absolute atomic E-state index is 11.0. The van der Waals surface area contributed by atoms with Crippen molar-refractivity contribution in [2.24, 2.45) is 0 Å². The summed E-state index contributed by atoms with van der Waals surface area (Å²) in [5, 5.41) is 0.400. The second kappa shape index (κ2) is 7.11. The highest BCUT2D eigenvalue weighted by atomic mass is 35.5. The number of rotatable bonds is 6. The van der Waals surface area contributed by atoms with Crippen LogP contribution in [0.3, 0.4) is 0 Å². The monoisotopic (exact) mass is 288 g/mol. The topological polar surface area (TPSA) is 26.3 Å². The maximum atomic E-state index is 11.0. The molecule has 0 fully saturated rings. The van der Waals surface area contributed by atoms with Gasteiger partial charge in [0, 0.05) is 0 Å². The fourth-order valence-corrected chi connectivity index (χ4v) is 2.16. The normalized spacial score (nSPS) is 10.3. The van der Waals surface area contributed by atoms with E-state index >= 15 is 0 Å². The molecule has 0 aromatic heterocycles. The van der Waals surface area contributed by atoms with Gasteiger partial charge in [0.25, 0.3) is 0 Å². The summed E-state index contributed by atoms with van der Waals surface area (Å²) in [5.74, 6) is 1.18. The number of carbonyl (C=O) groups excluding carboxylic acids is 1. The molecule has 0 atom stereocenters. The third-order valence-electron chi connectivity index (χ3n) is 3.10. The zero-order valence-electron chi connectivity index (χ0n) is 11.4. The number of unbranched alkanes of at least 4 members (excludes halogenated alkanes) is 1. The van der Waals surface area contributed by atoms with Crippen LogP contribution in [0, 0.1) is 0 Å². The molecule has 2 nitrogen and oxygen atoms in total. The largest absolute Gasteiger partial charge is 0.457 e. The molecule has 0 spiro atoms. The van der Waals surface area contributed by atoms with E-state index in [1.54, 1.807) is 18.2 Å². The fraction of sp³-hybridized carbons (Fsp3) is 0.235. The molecule has 0 saturated heterocycles. The van der Waals surface area contributed by atoms with E-state index < -0.39 is 0 Å². The van der Waals surface area contributed by atoms with Crippen molar-refractivity contribution >= 4 is 17.9 Å². The summed E-state index contributed by atoms with van der Waals surface area (Å²) in [6.45, 7) is 2.18. The molecular weight excluding hydrogens is 272 g/mol. The van der Waals surface area contributed by atoms with Crippen LogP contribution in [0.4, 0.5) is 0 Å². The highest BCUT2D eigenvalue weighted by molar-refractivity contribution is 6.33. The number of benzene rings is 2. The average molecular weight is 289 g/mol. The summed E-state index contributed by atoms with van der Waals surface area (Å²) >= 11 is 5.97. The van der Waals surface area contributed by atoms with E-state index in [1.165, 1.54) is 18.4 Å². The lowest BCUT2D eigenvalue weighted by Crippen LogP contribution is -1.92. The molecule has 0 radical (unpaired) electrons. The van der Waals surface area contributed by atoms with Gasteiger partial charge in [-0.1, -0.05) is 43.1 Å². The molecule has 0 N–H and O–H groups in total. The molecule has 0 aliphatic rings. The van der Waals surface area contributed by atoms with E-state index in [0.29, 0.717) is 28.4 Å². The summed E-state index contributed by atoms with van der Waals surface area (Å²) in [6, 6.07) is 13.1. The minimum Gasteiger partial charge on any atom is -0.457 e. The zero-order chi connectivity index (χ0) is 14.4. The van der Waals surface area contributed by atoms with Crippen LogP contribution in [0.2, 0.25) is 5.02 Å². The summed E-state index contributed by atoms with van der Waals surface area (Å²) in [7, 11) is 0. The van der Waals surface area contributed by atoms with E-state index in [9.17, 15) is 4.79 Å². The molecule has 0 bridgehead atoms. The van der Waals surface area contributed by atoms with Crippen LogP contribution in [-0.4, -0.2) is 6.29 Å². The second-order valence-corrected chi connectivity index (χ2v) is 5.03. The van der Waals surface area contributed by atoms with Crippen molar-refractivity contribution in [3.8, 4) is 11.5 Å². The van der Waals surface area contributed by atoms with Crippen LogP contribution in [0.1, 0.15) is 35.7 Å². The first-order chi connectivity index (χ1) is 9.74. The first-order valence-electron chi connectivity index (χ1n) is 6.75. The van der Waals surface area contributed by atoms with Gasteiger partial charge in [0.1, 0.15) is 11.5 Å². The Kier molecular flexibility index (Phi) is 5.19. The summed E-state index contributed by atoms with van der Waals surface area (Å²) in [5.41, 5.74) is 1.67. The Morgan fingerprint density at radius 2 is 1.90 bits per heavy atom. The van der Waals surface area contributed by atoms with Crippen LogP contribution < -0.4 is 4.74 Å². The van der Waals surface area contributed by atoms with Gasteiger partial charge in [-0.05, 0) is 42.7 Å². The minimum absolute atomic E-state index is 0.379. The molecule has 3 heteroatoms. The average Bonchev–Trinajstić information content (AvgIpc) is 2.47. The van der Waals surface area contributed by atoms with Crippen molar-refractivity contribution in [1.29, 1.82) is 0 Å². The predicted molar refractivity (Wildman–Crippen MR) is 82.0 cm³/mol. The van der Waals surface area contributed by atoms with Crippen LogP contribution >= 0.6 is 11.6 Å². The Morgan fingerprint density at radius 3 is 2.55 bits per heavy atom. The zero-order valence-corrected chi connectivity index (χ0v) is 12.2. The highest BCUT2D eigenvalue weighted by Crippen LogP contribution is 2.29. The molecule has 2 aromatic carbocycles. The van der Waals surface area contributed by atoms with Gasteiger partial charge in [-0.2, -0.15) is 0 Å². The Morgan fingerprint density at radius 1 is 1.15 bits per heavy atom. The maximum Gasteiger partial charge on any atom is 0.155 e. The van der Waals surface area contributed by atoms with Gasteiger partial charge >= 0.3 is 0 Å². The van der Waals surface area contributed by atoms with Gasteiger partial charge in [-0.3, -0.25) is 4.79 Å². The third-order valence-corrected chi connectivity index (χ3v) is 3.43. The molecule has 20 heavy (non-hydrogen) atoms. The lowest BCUT2D eigenvalue weighted by atomic mass is 10.1. The van der Waals surface area contributed by atoms with Gasteiger partial charge in [-0.25, -0.2) is 0 Å². The van der Waals surface area contributed by atoms with Crippen molar-refractivity contribution in [3.05, 3.63) is 58.6 Å². The standard InChI is InChI=1S/C17H17ClO2/c1-2-3-5-13-8-10-14(11-9-13)20-17-7-4-6-16(18)15(17)12-19/h4,6-12H,2-3,5H2,1H3. The van der Waals surface area contributed by atoms with Crippen LogP contribution in [-0.2, 0) is 6.42 Å². The van der Waals surface area contributed by atoms with Crippen molar-refractivity contribution in [3.63, 3.8) is 0 Å². The third kappa shape index (κ3) is 3.61. The molecule has 0 aliphatic carbocycles. The molecule has 0 amide bonds. The molecule has 104 valence electrons. The van der Waals surface area contributed by atoms with E-state index in [1.807, 2.05) is 12.1 Å². The first kappa shape index (κ1) is 14.6. The minimum atomic E-state index is 0.379. The van der Waals surface area contributed by atoms with Crippen molar-refractivity contribution in [2.75, 3.05) is 0 Å². The van der Waals surface area contributed by atoms with Gasteiger partial charge in [0.2, 0.25) is 0 Å². The SMILES string of the molecule is CCCCc1ccc(Oc2cccc(Cl)c2C=O)cc1. The lowest BCUT2D eigenvalue weighted by molar-refractivity contribution is 0.112. The summed E-state index contributed by atoms with van der Waals surface area (Å²) in [4.78, 5) is 11.0. The van der Waals surface area contributed by atoms with Crippen molar-refractivity contribution in [2.45, 2.75) is 26.2 Å². The Balaban J connectivity index is 2.14. The number of aldehydes is 1. The smallest absolute Gasteiger partial charge is 0.155 e. The molecule has 2 rings (SSSR count). The van der Waals surface area contributed by atoms with Crippen molar-refractivity contribution < 1.29 is 9.53 Å². The lowest BCUT2D eigenvalue weighted by Gasteiger charge is -2.09. The Bertz CT molecular complexity index is 576. The van der Waals surface area contributed by atoms with Gasteiger partial charge in [-0.15, -0.1) is 0 Å². The number of hydrogen-bond donors (Lipinski definition) is 0. The van der Waals surface area contributed by atoms with E-state index in [4.69, 9.17) is 16.3 Å². The Labute approximate surface area is 124 Å². The van der Waals surface area contributed by atoms with E-state index in [2.05, 4.69) is 19.1 Å². The number of ether oxygens (including phenoxy) is 1. The molecule has 0 saturated carbocycles.